The van der Waals surface area contributed by atoms with Gasteiger partial charge in [-0.3, -0.25) is 0 Å². The van der Waals surface area contributed by atoms with Gasteiger partial charge in [0.2, 0.25) is 0 Å². The molecule has 4 rings (SSSR count). The van der Waals surface area contributed by atoms with Crippen LogP contribution in [0.3, 0.4) is 0 Å². The molecule has 2 unspecified atom stereocenters. The first kappa shape index (κ1) is 22.4. The largest absolute Gasteiger partial charge is 0.465 e. The number of anilines is 1. The van der Waals surface area contributed by atoms with E-state index in [4.69, 9.17) is 5.73 Å². The molecule has 1 aromatic heterocycles. The number of carboxylic acid groups (broad SMARTS) is 1. The Bertz CT molecular complexity index is 1200. The van der Waals surface area contributed by atoms with Crippen LogP contribution < -0.4 is 16.4 Å². The number of H-pyrrole nitrogens is 1. The molecule has 33 heavy (non-hydrogen) atoms. The van der Waals surface area contributed by atoms with Crippen molar-refractivity contribution in [2.75, 3.05) is 5.32 Å². The van der Waals surface area contributed by atoms with Crippen LogP contribution in [0.15, 0.2) is 72.8 Å². The lowest BCUT2D eigenvalue weighted by Gasteiger charge is -2.29. The van der Waals surface area contributed by atoms with E-state index >= 15 is 0 Å². The highest BCUT2D eigenvalue weighted by molar-refractivity contribution is 5.76. The van der Waals surface area contributed by atoms with E-state index in [0.717, 1.165) is 46.5 Å². The monoisotopic (exact) mass is 443 g/mol. The molecule has 6 N–H and O–H groups in total. The molecular weight excluding hydrogens is 414 g/mol. The fraction of sp³-hybridized carbons (Fsp3) is 0.231. The fourth-order valence-corrected chi connectivity index (χ4v) is 4.13. The maximum absolute atomic E-state index is 11.8. The molecule has 0 radical (unpaired) electrons. The molecule has 0 aliphatic carbocycles. The molecule has 1 heterocycles. The topological polar surface area (TPSA) is 116 Å². The number of hydrogen-bond donors (Lipinski definition) is 5. The van der Waals surface area contributed by atoms with Gasteiger partial charge in [-0.15, -0.1) is 0 Å². The minimum absolute atomic E-state index is 0.181. The zero-order valence-corrected chi connectivity index (χ0v) is 18.6. The molecule has 0 fully saturated rings. The van der Waals surface area contributed by atoms with Crippen LogP contribution in [-0.2, 0) is 13.0 Å². The van der Waals surface area contributed by atoms with E-state index in [0.29, 0.717) is 6.54 Å². The average molecular weight is 444 g/mol. The van der Waals surface area contributed by atoms with Crippen LogP contribution in [0.4, 0.5) is 10.5 Å². The van der Waals surface area contributed by atoms with Crippen molar-refractivity contribution in [2.45, 2.75) is 38.4 Å². The quantitative estimate of drug-likeness (QED) is 0.256. The molecule has 1 amide bonds. The van der Waals surface area contributed by atoms with Gasteiger partial charge in [0.25, 0.3) is 0 Å². The zero-order chi connectivity index (χ0) is 23.2. The normalized spacial score (nSPS) is 12.9. The summed E-state index contributed by atoms with van der Waals surface area (Å²) < 4.78 is 0. The Morgan fingerprint density at radius 1 is 1.06 bits per heavy atom. The van der Waals surface area contributed by atoms with Crippen LogP contribution in [0.25, 0.3) is 11.0 Å². The molecule has 3 aromatic carbocycles. The van der Waals surface area contributed by atoms with Gasteiger partial charge in [0, 0.05) is 12.2 Å². The van der Waals surface area contributed by atoms with Crippen LogP contribution in [0.2, 0.25) is 0 Å². The summed E-state index contributed by atoms with van der Waals surface area (Å²) >= 11 is 0. The Morgan fingerprint density at radius 3 is 2.48 bits per heavy atom. The first-order valence-electron chi connectivity index (χ1n) is 11.1. The molecule has 0 saturated heterocycles. The Balaban J connectivity index is 1.65. The summed E-state index contributed by atoms with van der Waals surface area (Å²) in [6.45, 7) is 2.42. The van der Waals surface area contributed by atoms with Crippen LogP contribution in [-0.4, -0.2) is 27.2 Å². The number of aromatic nitrogens is 2. The molecule has 170 valence electrons. The number of benzene rings is 3. The smallest absolute Gasteiger partial charge is 0.405 e. The van der Waals surface area contributed by atoms with E-state index < -0.39 is 12.1 Å². The maximum Gasteiger partial charge on any atom is 0.405 e. The molecule has 7 nitrogen and oxygen atoms in total. The number of aryl methyl sites for hydroxylation is 2. The third-order valence-electron chi connectivity index (χ3n) is 5.79. The van der Waals surface area contributed by atoms with Crippen molar-refractivity contribution < 1.29 is 9.90 Å². The number of carbonyl (C=O) groups is 1. The van der Waals surface area contributed by atoms with Crippen molar-refractivity contribution in [3.8, 4) is 0 Å². The first-order chi connectivity index (χ1) is 16.0. The zero-order valence-electron chi connectivity index (χ0n) is 18.6. The summed E-state index contributed by atoms with van der Waals surface area (Å²) in [5, 5.41) is 16.0. The molecule has 0 bridgehead atoms. The van der Waals surface area contributed by atoms with Gasteiger partial charge in [-0.2, -0.15) is 0 Å². The van der Waals surface area contributed by atoms with Crippen molar-refractivity contribution >= 4 is 22.8 Å². The SMILES string of the molecule is Cc1nc2ccc(C(NC(=O)O)C(CCc3ccc(CN)cc3)Nc3ccccc3)cc2[nH]1. The predicted molar refractivity (Wildman–Crippen MR) is 131 cm³/mol. The molecule has 2 atom stereocenters. The van der Waals surface area contributed by atoms with Crippen LogP contribution in [0.5, 0.6) is 0 Å². The van der Waals surface area contributed by atoms with E-state index in [1.165, 1.54) is 5.56 Å². The Labute approximate surface area is 193 Å². The minimum Gasteiger partial charge on any atom is -0.465 e. The number of nitrogens with two attached hydrogens (primary N) is 1. The molecule has 7 heteroatoms. The van der Waals surface area contributed by atoms with E-state index in [1.54, 1.807) is 0 Å². The van der Waals surface area contributed by atoms with E-state index in [9.17, 15) is 9.90 Å². The van der Waals surface area contributed by atoms with Gasteiger partial charge in [0.05, 0.1) is 23.1 Å². The lowest BCUT2D eigenvalue weighted by Crippen LogP contribution is -2.40. The van der Waals surface area contributed by atoms with Crippen molar-refractivity contribution in [2.24, 2.45) is 5.73 Å². The number of hydrogen-bond acceptors (Lipinski definition) is 4. The second-order valence-corrected chi connectivity index (χ2v) is 8.20. The van der Waals surface area contributed by atoms with E-state index in [-0.39, 0.29) is 6.04 Å². The highest BCUT2D eigenvalue weighted by atomic mass is 16.4. The summed E-state index contributed by atoms with van der Waals surface area (Å²) in [4.78, 5) is 19.5. The van der Waals surface area contributed by atoms with Gasteiger partial charge < -0.3 is 26.5 Å². The van der Waals surface area contributed by atoms with Gasteiger partial charge >= 0.3 is 6.09 Å². The number of para-hydroxylation sites is 1. The summed E-state index contributed by atoms with van der Waals surface area (Å²) in [5.41, 5.74) is 11.6. The number of rotatable bonds is 9. The number of nitrogens with zero attached hydrogens (tertiary/aromatic N) is 1. The third-order valence-corrected chi connectivity index (χ3v) is 5.79. The number of fused-ring (bicyclic) bond motifs is 1. The fourth-order valence-electron chi connectivity index (χ4n) is 4.13. The predicted octanol–water partition coefficient (Wildman–Crippen LogP) is 4.75. The average Bonchev–Trinajstić information content (AvgIpc) is 3.20. The molecule has 0 spiro atoms. The van der Waals surface area contributed by atoms with Gasteiger partial charge in [-0.1, -0.05) is 48.5 Å². The highest BCUT2D eigenvalue weighted by Gasteiger charge is 2.25. The number of imidazole rings is 1. The highest BCUT2D eigenvalue weighted by Crippen LogP contribution is 2.27. The summed E-state index contributed by atoms with van der Waals surface area (Å²) in [7, 11) is 0. The Hall–Kier alpha value is -3.84. The summed E-state index contributed by atoms with van der Waals surface area (Å²) in [6, 6.07) is 23.3. The number of aromatic amines is 1. The summed E-state index contributed by atoms with van der Waals surface area (Å²) in [6.07, 6.45) is 0.452. The Morgan fingerprint density at radius 2 is 1.79 bits per heavy atom. The van der Waals surface area contributed by atoms with Gasteiger partial charge in [-0.25, -0.2) is 9.78 Å². The van der Waals surface area contributed by atoms with E-state index in [2.05, 4.69) is 32.7 Å². The number of nitrogens with one attached hydrogen (secondary N) is 3. The van der Waals surface area contributed by atoms with Crippen molar-refractivity contribution in [1.29, 1.82) is 0 Å². The Kier molecular flexibility index (Phi) is 6.90. The molecule has 0 aliphatic rings. The molecular formula is C26H29N5O2. The number of amides is 1. The lowest BCUT2D eigenvalue weighted by molar-refractivity contribution is 0.188. The molecule has 0 saturated carbocycles. The maximum atomic E-state index is 11.8. The first-order valence-corrected chi connectivity index (χ1v) is 11.1. The standard InChI is InChI=1S/C26H29N5O2/c1-17-28-22-14-12-20(15-24(22)29-17)25(31-26(32)33)23(30-21-5-3-2-4-6-21)13-11-18-7-9-19(16-27)10-8-18/h2-10,12,14-15,23,25,30-31H,11,13,16,27H2,1H3,(H,28,29)(H,32,33). The lowest BCUT2D eigenvalue weighted by atomic mass is 9.93. The van der Waals surface area contributed by atoms with Crippen molar-refractivity contribution in [1.82, 2.24) is 15.3 Å². The second-order valence-electron chi connectivity index (χ2n) is 8.20. The van der Waals surface area contributed by atoms with Crippen LogP contribution in [0.1, 0.15) is 35.0 Å². The third kappa shape index (κ3) is 5.70. The van der Waals surface area contributed by atoms with Crippen molar-refractivity contribution in [3.05, 3.63) is 95.3 Å². The molecule has 4 aromatic rings. The van der Waals surface area contributed by atoms with Crippen LogP contribution in [0, 0.1) is 6.92 Å². The van der Waals surface area contributed by atoms with Gasteiger partial charge in [-0.05, 0) is 60.7 Å². The summed E-state index contributed by atoms with van der Waals surface area (Å²) in [5.74, 6) is 0.824. The van der Waals surface area contributed by atoms with E-state index in [1.807, 2.05) is 67.6 Å². The van der Waals surface area contributed by atoms with Gasteiger partial charge in [0.1, 0.15) is 5.82 Å². The van der Waals surface area contributed by atoms with Crippen LogP contribution >= 0.6 is 0 Å². The van der Waals surface area contributed by atoms with Crippen molar-refractivity contribution in [3.63, 3.8) is 0 Å². The second kappa shape index (κ2) is 10.2. The van der Waals surface area contributed by atoms with Gasteiger partial charge in [0.15, 0.2) is 0 Å². The molecule has 0 aliphatic heterocycles. The minimum atomic E-state index is -1.06.